The number of aliphatic hydroxyl groups is 1. The van der Waals surface area contributed by atoms with Gasteiger partial charge >= 0.3 is 0 Å². The van der Waals surface area contributed by atoms with E-state index < -0.39 is 6.10 Å². The zero-order valence-corrected chi connectivity index (χ0v) is 14.3. The minimum atomic E-state index is -0.756. The Labute approximate surface area is 147 Å². The van der Waals surface area contributed by atoms with Gasteiger partial charge in [0, 0.05) is 19.0 Å². The summed E-state index contributed by atoms with van der Waals surface area (Å²) in [5.74, 6) is 2.54. The molecule has 3 N–H and O–H groups in total. The van der Waals surface area contributed by atoms with Crippen molar-refractivity contribution >= 4 is 5.91 Å². The van der Waals surface area contributed by atoms with Crippen molar-refractivity contribution in [2.45, 2.75) is 31.8 Å². The number of aliphatic hydroxyl groups excluding tert-OH is 1. The summed E-state index contributed by atoms with van der Waals surface area (Å²) < 4.78 is 16.0. The van der Waals surface area contributed by atoms with Gasteiger partial charge in [-0.3, -0.25) is 4.79 Å². The van der Waals surface area contributed by atoms with Gasteiger partial charge in [-0.15, -0.1) is 0 Å². The highest BCUT2D eigenvalue weighted by Gasteiger charge is 2.16. The second kappa shape index (κ2) is 8.92. The van der Waals surface area contributed by atoms with E-state index in [1.807, 2.05) is 0 Å². The minimum Gasteiger partial charge on any atom is -0.491 e. The Hall–Kier alpha value is -1.99. The quantitative estimate of drug-likeness (QED) is 0.649. The van der Waals surface area contributed by atoms with Gasteiger partial charge < -0.3 is 30.0 Å². The van der Waals surface area contributed by atoms with Gasteiger partial charge in [-0.25, -0.2) is 0 Å². The van der Waals surface area contributed by atoms with E-state index in [9.17, 15) is 9.90 Å². The van der Waals surface area contributed by atoms with Gasteiger partial charge in [-0.05, 0) is 50.4 Å². The summed E-state index contributed by atoms with van der Waals surface area (Å²) in [5, 5.41) is 16.1. The van der Waals surface area contributed by atoms with Crippen molar-refractivity contribution in [3.8, 4) is 17.2 Å². The van der Waals surface area contributed by atoms with Crippen LogP contribution in [0.25, 0.3) is 0 Å². The molecule has 1 saturated heterocycles. The molecule has 0 saturated carbocycles. The average molecular weight is 350 g/mol. The summed E-state index contributed by atoms with van der Waals surface area (Å²) in [6, 6.07) is 5.26. The third kappa shape index (κ3) is 5.51. The lowest BCUT2D eigenvalue weighted by atomic mass is 9.93. The van der Waals surface area contributed by atoms with Gasteiger partial charge in [-0.2, -0.15) is 0 Å². The van der Waals surface area contributed by atoms with Crippen LogP contribution in [0, 0.1) is 5.92 Å². The molecule has 2 aliphatic rings. The molecule has 7 heteroatoms. The zero-order valence-electron chi connectivity index (χ0n) is 14.3. The van der Waals surface area contributed by atoms with Crippen molar-refractivity contribution in [2.24, 2.45) is 5.92 Å². The molecule has 7 nitrogen and oxygen atoms in total. The summed E-state index contributed by atoms with van der Waals surface area (Å²) in [4.78, 5) is 11.9. The van der Waals surface area contributed by atoms with E-state index in [0.717, 1.165) is 32.4 Å². The van der Waals surface area contributed by atoms with E-state index in [0.29, 0.717) is 29.6 Å². The maximum atomic E-state index is 11.9. The van der Waals surface area contributed by atoms with Gasteiger partial charge in [0.1, 0.15) is 18.5 Å². The number of fused-ring (bicyclic) bond motifs is 1. The SMILES string of the molecule is O=C(CCC1CCNCC1)NCC(O)COc1ccc2c(c1)OCO2. The molecule has 2 heterocycles. The molecule has 0 bridgehead atoms. The lowest BCUT2D eigenvalue weighted by molar-refractivity contribution is -0.122. The molecule has 1 unspecified atom stereocenters. The number of carbonyl (C=O) groups excluding carboxylic acids is 1. The Morgan fingerprint density at radius 1 is 1.32 bits per heavy atom. The van der Waals surface area contributed by atoms with Crippen LogP contribution in [-0.4, -0.2) is 50.2 Å². The van der Waals surface area contributed by atoms with E-state index in [1.165, 1.54) is 0 Å². The van der Waals surface area contributed by atoms with E-state index >= 15 is 0 Å². The maximum absolute atomic E-state index is 11.9. The number of rotatable bonds is 8. The van der Waals surface area contributed by atoms with Crippen LogP contribution in [0.15, 0.2) is 18.2 Å². The molecular formula is C18H26N2O5. The predicted molar refractivity (Wildman–Crippen MR) is 91.9 cm³/mol. The Morgan fingerprint density at radius 2 is 2.12 bits per heavy atom. The Balaban J connectivity index is 1.31. The second-order valence-electron chi connectivity index (χ2n) is 6.52. The molecule has 1 aromatic rings. The Kier molecular flexibility index (Phi) is 6.36. The largest absolute Gasteiger partial charge is 0.491 e. The van der Waals surface area contributed by atoms with Crippen LogP contribution in [0.3, 0.4) is 0 Å². The van der Waals surface area contributed by atoms with Crippen molar-refractivity contribution in [1.82, 2.24) is 10.6 Å². The maximum Gasteiger partial charge on any atom is 0.231 e. The zero-order chi connectivity index (χ0) is 17.5. The van der Waals surface area contributed by atoms with Crippen molar-refractivity contribution < 1.29 is 24.1 Å². The number of ether oxygens (including phenoxy) is 3. The molecule has 1 aromatic carbocycles. The van der Waals surface area contributed by atoms with Crippen LogP contribution in [-0.2, 0) is 4.79 Å². The number of hydrogen-bond acceptors (Lipinski definition) is 6. The molecule has 1 amide bonds. The van der Waals surface area contributed by atoms with Gasteiger partial charge in [0.05, 0.1) is 0 Å². The monoisotopic (exact) mass is 350 g/mol. The Bertz CT molecular complexity index is 575. The molecule has 0 radical (unpaired) electrons. The summed E-state index contributed by atoms with van der Waals surface area (Å²) in [6.07, 6.45) is 2.95. The predicted octanol–water partition coefficient (Wildman–Crippen LogP) is 1.05. The molecular weight excluding hydrogens is 324 g/mol. The second-order valence-corrected chi connectivity index (χ2v) is 6.52. The number of benzene rings is 1. The first-order valence-electron chi connectivity index (χ1n) is 8.88. The van der Waals surface area contributed by atoms with E-state index in [-0.39, 0.29) is 25.9 Å². The molecule has 0 spiro atoms. The standard InChI is InChI=1S/C18H26N2O5/c21-14(10-20-18(22)4-1-13-5-7-19-8-6-13)11-23-15-2-3-16-17(9-15)25-12-24-16/h2-3,9,13-14,19,21H,1,4-8,10-12H2,(H,20,22). The van der Waals surface area contributed by atoms with E-state index in [1.54, 1.807) is 18.2 Å². The van der Waals surface area contributed by atoms with Crippen LogP contribution in [0.1, 0.15) is 25.7 Å². The normalized spacial score (nSPS) is 18.0. The molecule has 2 aliphatic heterocycles. The fraction of sp³-hybridized carbons (Fsp3) is 0.611. The van der Waals surface area contributed by atoms with Gasteiger partial charge in [0.15, 0.2) is 11.5 Å². The summed E-state index contributed by atoms with van der Waals surface area (Å²) in [5.41, 5.74) is 0. The lowest BCUT2D eigenvalue weighted by Gasteiger charge is -2.22. The first-order chi connectivity index (χ1) is 12.2. The number of hydrogen-bond donors (Lipinski definition) is 3. The van der Waals surface area contributed by atoms with Crippen LogP contribution >= 0.6 is 0 Å². The summed E-state index contributed by atoms with van der Waals surface area (Å²) in [6.45, 7) is 2.60. The van der Waals surface area contributed by atoms with Gasteiger partial charge in [0.2, 0.25) is 12.7 Å². The molecule has 1 atom stereocenters. The van der Waals surface area contributed by atoms with Gasteiger partial charge in [-0.1, -0.05) is 0 Å². The highest BCUT2D eigenvalue weighted by atomic mass is 16.7. The highest BCUT2D eigenvalue weighted by Crippen LogP contribution is 2.35. The van der Waals surface area contributed by atoms with Crippen LogP contribution in [0.2, 0.25) is 0 Å². The molecule has 0 aliphatic carbocycles. The van der Waals surface area contributed by atoms with Crippen molar-refractivity contribution in [2.75, 3.05) is 33.0 Å². The molecule has 0 aromatic heterocycles. The average Bonchev–Trinajstić information content (AvgIpc) is 3.11. The minimum absolute atomic E-state index is 0.0133. The smallest absolute Gasteiger partial charge is 0.231 e. The first kappa shape index (κ1) is 17.8. The third-order valence-electron chi connectivity index (χ3n) is 4.56. The molecule has 25 heavy (non-hydrogen) atoms. The fourth-order valence-electron chi connectivity index (χ4n) is 3.04. The first-order valence-corrected chi connectivity index (χ1v) is 8.88. The lowest BCUT2D eigenvalue weighted by Crippen LogP contribution is -2.35. The van der Waals surface area contributed by atoms with Crippen molar-refractivity contribution in [3.63, 3.8) is 0 Å². The number of piperidine rings is 1. The van der Waals surface area contributed by atoms with Gasteiger partial charge in [0.25, 0.3) is 0 Å². The number of nitrogens with one attached hydrogen (secondary N) is 2. The number of amides is 1. The van der Waals surface area contributed by atoms with Crippen molar-refractivity contribution in [3.05, 3.63) is 18.2 Å². The molecule has 1 fully saturated rings. The molecule has 138 valence electrons. The van der Waals surface area contributed by atoms with Crippen molar-refractivity contribution in [1.29, 1.82) is 0 Å². The topological polar surface area (TPSA) is 89.1 Å². The summed E-state index contributed by atoms with van der Waals surface area (Å²) in [7, 11) is 0. The fourth-order valence-corrected chi connectivity index (χ4v) is 3.04. The number of carbonyl (C=O) groups is 1. The Morgan fingerprint density at radius 3 is 2.96 bits per heavy atom. The third-order valence-corrected chi connectivity index (χ3v) is 4.56. The van der Waals surface area contributed by atoms with E-state index in [4.69, 9.17) is 14.2 Å². The van der Waals surface area contributed by atoms with Crippen LogP contribution < -0.4 is 24.8 Å². The van der Waals surface area contributed by atoms with Crippen LogP contribution in [0.5, 0.6) is 17.2 Å². The van der Waals surface area contributed by atoms with Crippen LogP contribution in [0.4, 0.5) is 0 Å². The summed E-state index contributed by atoms with van der Waals surface area (Å²) >= 11 is 0. The van der Waals surface area contributed by atoms with E-state index in [2.05, 4.69) is 10.6 Å². The highest BCUT2D eigenvalue weighted by molar-refractivity contribution is 5.75. The molecule has 3 rings (SSSR count).